The highest BCUT2D eigenvalue weighted by molar-refractivity contribution is 7.89. The molecule has 0 bridgehead atoms. The van der Waals surface area contributed by atoms with E-state index in [-0.39, 0.29) is 12.6 Å². The van der Waals surface area contributed by atoms with Crippen LogP contribution >= 0.6 is 0 Å². The van der Waals surface area contributed by atoms with Gasteiger partial charge in [-0.2, -0.15) is 4.31 Å². The molecule has 0 radical (unpaired) electrons. The molecule has 4 nitrogen and oxygen atoms in total. The van der Waals surface area contributed by atoms with Gasteiger partial charge in [-0.15, -0.1) is 0 Å². The van der Waals surface area contributed by atoms with Crippen molar-refractivity contribution < 1.29 is 13.5 Å². The first-order chi connectivity index (χ1) is 9.00. The monoisotopic (exact) mass is 283 g/mol. The van der Waals surface area contributed by atoms with Crippen LogP contribution in [0, 0.1) is 6.92 Å². The summed E-state index contributed by atoms with van der Waals surface area (Å²) < 4.78 is 26.9. The summed E-state index contributed by atoms with van der Waals surface area (Å²) in [4.78, 5) is 0.294. The van der Waals surface area contributed by atoms with Crippen LogP contribution in [0.1, 0.15) is 37.3 Å². The standard InChI is InChI=1S/C14H21NO3S/c1-3-8-15(13-5-6-13)19(17,18)14-7-4-11(2)12(9-14)10-16/h4,7,9,13,16H,3,5-6,8,10H2,1-2H3. The molecule has 5 heteroatoms. The second-order valence-electron chi connectivity index (χ2n) is 5.09. The van der Waals surface area contributed by atoms with Crippen LogP contribution in [0.25, 0.3) is 0 Å². The fourth-order valence-electron chi connectivity index (χ4n) is 2.20. The van der Waals surface area contributed by atoms with Gasteiger partial charge in [0.25, 0.3) is 0 Å². The zero-order valence-corrected chi connectivity index (χ0v) is 12.3. The van der Waals surface area contributed by atoms with Gasteiger partial charge < -0.3 is 5.11 Å². The minimum Gasteiger partial charge on any atom is -0.392 e. The van der Waals surface area contributed by atoms with Crippen molar-refractivity contribution in [2.45, 2.75) is 50.7 Å². The Balaban J connectivity index is 2.37. The highest BCUT2D eigenvalue weighted by Gasteiger charge is 2.37. The van der Waals surface area contributed by atoms with Crippen molar-refractivity contribution in [2.24, 2.45) is 0 Å². The van der Waals surface area contributed by atoms with E-state index in [9.17, 15) is 13.5 Å². The predicted octanol–water partition coefficient (Wildman–Crippen LogP) is 2.05. The normalized spacial score (nSPS) is 16.0. The van der Waals surface area contributed by atoms with Crippen LogP contribution in [-0.4, -0.2) is 30.4 Å². The highest BCUT2D eigenvalue weighted by atomic mass is 32.2. The molecule has 106 valence electrons. The number of hydrogen-bond donors (Lipinski definition) is 1. The fraction of sp³-hybridized carbons (Fsp3) is 0.571. The molecule has 1 saturated carbocycles. The average Bonchev–Trinajstić information content (AvgIpc) is 3.20. The summed E-state index contributed by atoms with van der Waals surface area (Å²) in [6.07, 6.45) is 2.73. The molecule has 0 amide bonds. The second-order valence-corrected chi connectivity index (χ2v) is 6.98. The van der Waals surface area contributed by atoms with Crippen LogP contribution in [0.15, 0.2) is 23.1 Å². The van der Waals surface area contributed by atoms with Crippen molar-refractivity contribution in [3.05, 3.63) is 29.3 Å². The Kier molecular flexibility index (Phi) is 4.28. The average molecular weight is 283 g/mol. The Morgan fingerprint density at radius 2 is 2.05 bits per heavy atom. The van der Waals surface area contributed by atoms with Gasteiger partial charge in [0, 0.05) is 12.6 Å². The molecule has 0 heterocycles. The SMILES string of the molecule is CCCN(C1CC1)S(=O)(=O)c1ccc(C)c(CO)c1. The Bertz CT molecular complexity index is 550. The number of sulfonamides is 1. The molecule has 1 aromatic carbocycles. The third-order valence-corrected chi connectivity index (χ3v) is 5.44. The van der Waals surface area contributed by atoms with Gasteiger partial charge in [0.2, 0.25) is 10.0 Å². The van der Waals surface area contributed by atoms with E-state index in [0.29, 0.717) is 17.0 Å². The van der Waals surface area contributed by atoms with Gasteiger partial charge in [0.15, 0.2) is 0 Å². The number of aliphatic hydroxyl groups is 1. The first kappa shape index (κ1) is 14.5. The van der Waals surface area contributed by atoms with Gasteiger partial charge in [0.05, 0.1) is 11.5 Å². The third-order valence-electron chi connectivity index (χ3n) is 3.50. The Hall–Kier alpha value is -0.910. The maximum absolute atomic E-state index is 12.6. The number of aliphatic hydroxyl groups excluding tert-OH is 1. The van der Waals surface area contributed by atoms with E-state index < -0.39 is 10.0 Å². The lowest BCUT2D eigenvalue weighted by Crippen LogP contribution is -2.33. The molecule has 0 unspecified atom stereocenters. The van der Waals surface area contributed by atoms with E-state index in [1.165, 1.54) is 0 Å². The molecule has 0 spiro atoms. The molecule has 1 aliphatic carbocycles. The smallest absolute Gasteiger partial charge is 0.243 e. The van der Waals surface area contributed by atoms with E-state index in [1.807, 2.05) is 13.8 Å². The van der Waals surface area contributed by atoms with E-state index in [1.54, 1.807) is 22.5 Å². The van der Waals surface area contributed by atoms with Crippen molar-refractivity contribution in [3.8, 4) is 0 Å². The molecule has 2 rings (SSSR count). The van der Waals surface area contributed by atoms with E-state index in [0.717, 1.165) is 24.8 Å². The summed E-state index contributed by atoms with van der Waals surface area (Å²) >= 11 is 0. The summed E-state index contributed by atoms with van der Waals surface area (Å²) in [5, 5.41) is 9.26. The quantitative estimate of drug-likeness (QED) is 0.869. The number of nitrogens with zero attached hydrogens (tertiary/aromatic N) is 1. The van der Waals surface area contributed by atoms with Crippen molar-refractivity contribution in [1.29, 1.82) is 0 Å². The Labute approximate surface area is 115 Å². The van der Waals surface area contributed by atoms with Crippen LogP contribution in [0.2, 0.25) is 0 Å². The van der Waals surface area contributed by atoms with Crippen LogP contribution in [0.4, 0.5) is 0 Å². The molecule has 1 aromatic rings. The molecule has 0 aliphatic heterocycles. The maximum Gasteiger partial charge on any atom is 0.243 e. The minimum atomic E-state index is -3.43. The Morgan fingerprint density at radius 3 is 2.58 bits per heavy atom. The van der Waals surface area contributed by atoms with Gasteiger partial charge in [-0.25, -0.2) is 8.42 Å². The summed E-state index contributed by atoms with van der Waals surface area (Å²) in [6.45, 7) is 4.29. The fourth-order valence-corrected chi connectivity index (χ4v) is 4.02. The lowest BCUT2D eigenvalue weighted by molar-refractivity contribution is 0.280. The van der Waals surface area contributed by atoms with Gasteiger partial charge in [0.1, 0.15) is 0 Å². The van der Waals surface area contributed by atoms with E-state index in [4.69, 9.17) is 0 Å². The summed E-state index contributed by atoms with van der Waals surface area (Å²) in [5.74, 6) is 0. The van der Waals surface area contributed by atoms with Crippen molar-refractivity contribution >= 4 is 10.0 Å². The first-order valence-corrected chi connectivity index (χ1v) is 8.17. The van der Waals surface area contributed by atoms with Gasteiger partial charge >= 0.3 is 0 Å². The molecule has 1 N–H and O–H groups in total. The number of benzene rings is 1. The molecule has 1 aliphatic rings. The number of rotatable bonds is 6. The summed E-state index contributed by atoms with van der Waals surface area (Å²) in [5.41, 5.74) is 1.59. The molecule has 0 atom stereocenters. The molecular weight excluding hydrogens is 262 g/mol. The number of aryl methyl sites for hydroxylation is 1. The van der Waals surface area contributed by atoms with Gasteiger partial charge in [-0.3, -0.25) is 0 Å². The lowest BCUT2D eigenvalue weighted by Gasteiger charge is -2.21. The highest BCUT2D eigenvalue weighted by Crippen LogP contribution is 2.32. The predicted molar refractivity (Wildman–Crippen MR) is 74.3 cm³/mol. The van der Waals surface area contributed by atoms with E-state index in [2.05, 4.69) is 0 Å². The minimum absolute atomic E-state index is 0.133. The molecule has 1 fully saturated rings. The van der Waals surface area contributed by atoms with Crippen molar-refractivity contribution in [3.63, 3.8) is 0 Å². The molecular formula is C14H21NO3S. The van der Waals surface area contributed by atoms with Crippen molar-refractivity contribution in [2.75, 3.05) is 6.54 Å². The van der Waals surface area contributed by atoms with Crippen LogP contribution < -0.4 is 0 Å². The third kappa shape index (κ3) is 2.99. The zero-order valence-electron chi connectivity index (χ0n) is 11.5. The summed E-state index contributed by atoms with van der Waals surface area (Å²) in [7, 11) is -3.43. The van der Waals surface area contributed by atoms with Crippen LogP contribution in [-0.2, 0) is 16.6 Å². The first-order valence-electron chi connectivity index (χ1n) is 6.73. The topological polar surface area (TPSA) is 57.6 Å². The molecule has 0 saturated heterocycles. The van der Waals surface area contributed by atoms with Gasteiger partial charge in [-0.05, 0) is 49.4 Å². The second kappa shape index (κ2) is 5.61. The van der Waals surface area contributed by atoms with Crippen LogP contribution in [0.3, 0.4) is 0 Å². The zero-order chi connectivity index (χ0) is 14.0. The largest absolute Gasteiger partial charge is 0.392 e. The summed E-state index contributed by atoms with van der Waals surface area (Å²) in [6, 6.07) is 5.16. The number of hydrogen-bond acceptors (Lipinski definition) is 3. The maximum atomic E-state index is 12.6. The lowest BCUT2D eigenvalue weighted by atomic mass is 10.1. The van der Waals surface area contributed by atoms with Crippen molar-refractivity contribution in [1.82, 2.24) is 4.31 Å². The van der Waals surface area contributed by atoms with E-state index >= 15 is 0 Å². The van der Waals surface area contributed by atoms with Crippen LogP contribution in [0.5, 0.6) is 0 Å². The van der Waals surface area contributed by atoms with Gasteiger partial charge in [-0.1, -0.05) is 13.0 Å². The molecule has 0 aromatic heterocycles. The Morgan fingerprint density at radius 1 is 1.37 bits per heavy atom. The molecule has 19 heavy (non-hydrogen) atoms.